The minimum absolute atomic E-state index is 0.0566. The highest BCUT2D eigenvalue weighted by atomic mass is 19.1. The van der Waals surface area contributed by atoms with E-state index in [0.29, 0.717) is 18.0 Å². The number of aliphatic hydroxyl groups excluding tert-OH is 1. The van der Waals surface area contributed by atoms with Crippen LogP contribution in [0.2, 0.25) is 0 Å². The van der Waals surface area contributed by atoms with Crippen LogP contribution in [0.25, 0.3) is 0 Å². The molecule has 0 saturated carbocycles. The van der Waals surface area contributed by atoms with Crippen molar-refractivity contribution in [1.29, 1.82) is 0 Å². The molecule has 0 radical (unpaired) electrons. The topological polar surface area (TPSA) is 40.5 Å². The van der Waals surface area contributed by atoms with Crippen LogP contribution >= 0.6 is 0 Å². The lowest BCUT2D eigenvalue weighted by Gasteiger charge is -2.36. The third-order valence-electron chi connectivity index (χ3n) is 3.91. The molecular formula is C17H20FNO2. The van der Waals surface area contributed by atoms with Crippen molar-refractivity contribution in [3.63, 3.8) is 0 Å². The molecule has 2 rings (SSSR count). The van der Waals surface area contributed by atoms with Crippen LogP contribution in [-0.2, 0) is 0 Å². The first-order chi connectivity index (χ1) is 10.0. The Bertz CT molecular complexity index is 588. The number of halogens is 1. The molecule has 0 spiro atoms. The Morgan fingerprint density at radius 2 is 2.24 bits per heavy atom. The van der Waals surface area contributed by atoms with E-state index in [1.807, 2.05) is 6.92 Å². The van der Waals surface area contributed by atoms with E-state index in [2.05, 4.69) is 18.8 Å². The van der Waals surface area contributed by atoms with E-state index in [1.165, 1.54) is 18.2 Å². The number of carbonyl (C=O) groups is 1. The Morgan fingerprint density at radius 1 is 1.48 bits per heavy atom. The zero-order valence-electron chi connectivity index (χ0n) is 12.4. The molecule has 1 N–H and O–H groups in total. The molecule has 1 heterocycles. The monoisotopic (exact) mass is 289 g/mol. The van der Waals surface area contributed by atoms with Gasteiger partial charge in [-0.2, -0.15) is 0 Å². The van der Waals surface area contributed by atoms with E-state index in [9.17, 15) is 9.18 Å². The Balaban J connectivity index is 2.26. The van der Waals surface area contributed by atoms with Gasteiger partial charge in [-0.05, 0) is 43.9 Å². The number of hydrogen-bond acceptors (Lipinski definition) is 2. The van der Waals surface area contributed by atoms with Crippen molar-refractivity contribution in [2.75, 3.05) is 13.2 Å². The van der Waals surface area contributed by atoms with Crippen LogP contribution in [0.1, 0.15) is 42.6 Å². The predicted octanol–water partition coefficient (Wildman–Crippen LogP) is 2.43. The first kappa shape index (κ1) is 15.5. The van der Waals surface area contributed by atoms with Crippen LogP contribution in [0.15, 0.2) is 18.2 Å². The van der Waals surface area contributed by atoms with E-state index >= 15 is 0 Å². The molecule has 112 valence electrons. The van der Waals surface area contributed by atoms with Gasteiger partial charge in [0.05, 0.1) is 5.56 Å². The van der Waals surface area contributed by atoms with Crippen LogP contribution < -0.4 is 0 Å². The maximum atomic E-state index is 14.0. The highest BCUT2D eigenvalue weighted by Crippen LogP contribution is 2.24. The van der Waals surface area contributed by atoms with Gasteiger partial charge in [-0.15, -0.1) is 0 Å². The fraction of sp³-hybridized carbons (Fsp3) is 0.471. The number of hydrogen-bond donors (Lipinski definition) is 1. The van der Waals surface area contributed by atoms with Gasteiger partial charge in [0.25, 0.3) is 5.91 Å². The molecule has 1 aliphatic rings. The van der Waals surface area contributed by atoms with Gasteiger partial charge in [-0.25, -0.2) is 4.39 Å². The zero-order valence-corrected chi connectivity index (χ0v) is 12.4. The first-order valence-corrected chi connectivity index (χ1v) is 7.23. The lowest BCUT2D eigenvalue weighted by Crippen LogP contribution is -2.44. The third kappa shape index (κ3) is 3.62. The molecule has 2 atom stereocenters. The summed E-state index contributed by atoms with van der Waals surface area (Å²) in [6, 6.07) is 4.35. The van der Waals surface area contributed by atoms with Gasteiger partial charge < -0.3 is 10.0 Å². The molecule has 0 bridgehead atoms. The quantitative estimate of drug-likeness (QED) is 0.807. The summed E-state index contributed by atoms with van der Waals surface area (Å²) >= 11 is 0. The lowest BCUT2D eigenvalue weighted by molar-refractivity contribution is 0.0584. The van der Waals surface area contributed by atoms with Gasteiger partial charge in [0.1, 0.15) is 12.4 Å². The van der Waals surface area contributed by atoms with Crippen LogP contribution in [0, 0.1) is 23.6 Å². The summed E-state index contributed by atoms with van der Waals surface area (Å²) in [7, 11) is 0. The minimum atomic E-state index is -0.527. The second-order valence-electron chi connectivity index (χ2n) is 5.63. The molecule has 1 amide bonds. The summed E-state index contributed by atoms with van der Waals surface area (Å²) in [5, 5.41) is 8.70. The van der Waals surface area contributed by atoms with Crippen molar-refractivity contribution >= 4 is 5.91 Å². The van der Waals surface area contributed by atoms with Crippen LogP contribution in [-0.4, -0.2) is 35.1 Å². The van der Waals surface area contributed by atoms with Crippen LogP contribution in [0.4, 0.5) is 4.39 Å². The number of carbonyl (C=O) groups excluding carboxylic acids is 1. The van der Waals surface area contributed by atoms with Gasteiger partial charge in [0.15, 0.2) is 0 Å². The molecule has 2 unspecified atom stereocenters. The SMILES string of the molecule is CC1CCN(C(=O)c2cc(C#CCO)ccc2F)C(C)C1. The molecule has 0 aliphatic carbocycles. The second-order valence-corrected chi connectivity index (χ2v) is 5.63. The number of piperidine rings is 1. The van der Waals surface area contributed by atoms with Crippen molar-refractivity contribution in [3.8, 4) is 11.8 Å². The number of nitrogens with zero attached hydrogens (tertiary/aromatic N) is 1. The van der Waals surface area contributed by atoms with Crippen molar-refractivity contribution < 1.29 is 14.3 Å². The maximum absolute atomic E-state index is 14.0. The highest BCUT2D eigenvalue weighted by Gasteiger charge is 2.28. The smallest absolute Gasteiger partial charge is 0.257 e. The van der Waals surface area contributed by atoms with E-state index in [1.54, 1.807) is 4.90 Å². The fourth-order valence-electron chi connectivity index (χ4n) is 2.77. The predicted molar refractivity (Wildman–Crippen MR) is 79.3 cm³/mol. The fourth-order valence-corrected chi connectivity index (χ4v) is 2.77. The summed E-state index contributed by atoms with van der Waals surface area (Å²) in [4.78, 5) is 14.3. The molecule has 1 aliphatic heterocycles. The molecule has 1 fully saturated rings. The van der Waals surface area contributed by atoms with E-state index < -0.39 is 5.82 Å². The third-order valence-corrected chi connectivity index (χ3v) is 3.91. The van der Waals surface area contributed by atoms with Gasteiger partial charge in [-0.1, -0.05) is 18.8 Å². The largest absolute Gasteiger partial charge is 0.384 e. The lowest BCUT2D eigenvalue weighted by atomic mass is 9.92. The summed E-state index contributed by atoms with van der Waals surface area (Å²) < 4.78 is 14.0. The van der Waals surface area contributed by atoms with Crippen molar-refractivity contribution in [3.05, 3.63) is 35.1 Å². The number of amides is 1. The van der Waals surface area contributed by atoms with Gasteiger partial charge >= 0.3 is 0 Å². The van der Waals surface area contributed by atoms with Crippen LogP contribution in [0.5, 0.6) is 0 Å². The standard InChI is InChI=1S/C17H20FNO2/c1-12-7-8-19(13(2)10-12)17(21)15-11-14(4-3-9-20)5-6-16(15)18/h5-6,11-13,20H,7-10H2,1-2H3. The summed E-state index contributed by atoms with van der Waals surface area (Å²) in [5.74, 6) is 4.99. The summed E-state index contributed by atoms with van der Waals surface area (Å²) in [5.41, 5.74) is 0.591. The molecular weight excluding hydrogens is 269 g/mol. The molecule has 1 aromatic rings. The van der Waals surface area contributed by atoms with Crippen molar-refractivity contribution in [2.24, 2.45) is 5.92 Å². The Kier molecular flexibility index (Phi) is 4.98. The van der Waals surface area contributed by atoms with E-state index in [0.717, 1.165) is 12.8 Å². The molecule has 21 heavy (non-hydrogen) atoms. The Hall–Kier alpha value is -1.86. The molecule has 3 nitrogen and oxygen atoms in total. The van der Waals surface area contributed by atoms with Crippen molar-refractivity contribution in [1.82, 2.24) is 4.90 Å². The normalized spacial score (nSPS) is 21.6. The van der Waals surface area contributed by atoms with E-state index in [4.69, 9.17) is 5.11 Å². The molecule has 1 saturated heterocycles. The summed E-state index contributed by atoms with van der Waals surface area (Å²) in [6.07, 6.45) is 1.89. The minimum Gasteiger partial charge on any atom is -0.384 e. The molecule has 1 aromatic carbocycles. The van der Waals surface area contributed by atoms with Crippen LogP contribution in [0.3, 0.4) is 0 Å². The highest BCUT2D eigenvalue weighted by molar-refractivity contribution is 5.95. The van der Waals surface area contributed by atoms with Gasteiger partial charge in [0.2, 0.25) is 0 Å². The summed E-state index contributed by atoms with van der Waals surface area (Å²) in [6.45, 7) is 4.57. The van der Waals surface area contributed by atoms with Crippen molar-refractivity contribution in [2.45, 2.75) is 32.7 Å². The number of rotatable bonds is 1. The molecule has 0 aromatic heterocycles. The van der Waals surface area contributed by atoms with Gasteiger partial charge in [0, 0.05) is 18.2 Å². The number of likely N-dealkylation sites (tertiary alicyclic amines) is 1. The zero-order chi connectivity index (χ0) is 15.4. The number of benzene rings is 1. The number of aliphatic hydroxyl groups is 1. The average Bonchev–Trinajstić information content (AvgIpc) is 2.46. The Labute approximate surface area is 124 Å². The maximum Gasteiger partial charge on any atom is 0.257 e. The van der Waals surface area contributed by atoms with Gasteiger partial charge in [-0.3, -0.25) is 4.79 Å². The first-order valence-electron chi connectivity index (χ1n) is 7.23. The Morgan fingerprint density at radius 3 is 2.90 bits per heavy atom. The molecule has 4 heteroatoms. The van der Waals surface area contributed by atoms with E-state index in [-0.39, 0.29) is 24.1 Å². The second kappa shape index (κ2) is 6.73. The average molecular weight is 289 g/mol.